The third-order valence-electron chi connectivity index (χ3n) is 10.4. The summed E-state index contributed by atoms with van der Waals surface area (Å²) in [6, 6.07) is 13.1. The summed E-state index contributed by atoms with van der Waals surface area (Å²) in [6.07, 6.45) is 7.01. The predicted octanol–water partition coefficient (Wildman–Crippen LogP) is 4.80. The van der Waals surface area contributed by atoms with E-state index in [-0.39, 0.29) is 24.1 Å². The number of rotatable bonds is 6. The number of carbonyl (C=O) groups is 1. The number of nitrogens with two attached hydrogens (primary N) is 1. The van der Waals surface area contributed by atoms with E-state index in [0.717, 1.165) is 67.7 Å². The molecule has 1 amide bonds. The number of nitrogens with zero attached hydrogens (tertiary/aromatic N) is 4. The molecule has 5 aliphatic rings. The van der Waals surface area contributed by atoms with E-state index in [1.54, 1.807) is 7.11 Å². The van der Waals surface area contributed by atoms with Crippen LogP contribution in [0.25, 0.3) is 33.5 Å². The number of fused-ring (bicyclic) bond motifs is 5. The Morgan fingerprint density at radius 2 is 1.93 bits per heavy atom. The lowest BCUT2D eigenvalue weighted by Crippen LogP contribution is -2.58. The maximum atomic E-state index is 13.8. The Morgan fingerprint density at radius 3 is 2.61 bits per heavy atom. The topological polar surface area (TPSA) is 98.5 Å². The molecular weight excluding hydrogens is 514 g/mol. The highest BCUT2D eigenvalue weighted by Gasteiger charge is 2.41. The fourth-order valence-electron chi connectivity index (χ4n) is 7.85. The Labute approximate surface area is 240 Å². The van der Waals surface area contributed by atoms with Crippen LogP contribution in [0, 0.1) is 11.8 Å². The second kappa shape index (κ2) is 9.33. The van der Waals surface area contributed by atoms with Gasteiger partial charge in [-0.25, -0.2) is 4.98 Å². The van der Waals surface area contributed by atoms with Crippen LogP contribution in [0.15, 0.2) is 36.4 Å². The van der Waals surface area contributed by atoms with Crippen molar-refractivity contribution in [1.29, 1.82) is 0 Å². The Kier molecular flexibility index (Phi) is 5.77. The van der Waals surface area contributed by atoms with Gasteiger partial charge in [0.15, 0.2) is 5.82 Å². The summed E-state index contributed by atoms with van der Waals surface area (Å²) >= 11 is 0. The molecule has 8 nitrogen and oxygen atoms in total. The van der Waals surface area contributed by atoms with Crippen LogP contribution >= 0.6 is 0 Å². The van der Waals surface area contributed by atoms with Crippen LogP contribution in [-0.4, -0.2) is 61.9 Å². The molecule has 2 bridgehead atoms. The molecule has 214 valence electrons. The number of aliphatic hydroxyl groups excluding tert-OH is 1. The lowest BCUT2D eigenvalue weighted by atomic mass is 9.76. The third-order valence-corrected chi connectivity index (χ3v) is 10.4. The Morgan fingerprint density at radius 1 is 1.10 bits per heavy atom. The molecule has 0 radical (unpaired) electrons. The number of hydrogen-bond donors (Lipinski definition) is 2. The molecule has 4 aromatic rings. The highest BCUT2D eigenvalue weighted by molar-refractivity contribution is 6.00. The van der Waals surface area contributed by atoms with Crippen molar-refractivity contribution in [2.24, 2.45) is 24.6 Å². The predicted molar refractivity (Wildman–Crippen MR) is 159 cm³/mol. The molecule has 3 saturated carbocycles. The summed E-state index contributed by atoms with van der Waals surface area (Å²) in [6.45, 7) is 1.70. The third kappa shape index (κ3) is 4.02. The molecule has 2 aliphatic heterocycles. The van der Waals surface area contributed by atoms with Crippen molar-refractivity contribution in [1.82, 2.24) is 19.0 Å². The van der Waals surface area contributed by atoms with Gasteiger partial charge in [0.25, 0.3) is 5.91 Å². The number of aromatic nitrogens is 3. The number of aryl methyl sites for hydroxylation is 1. The molecule has 3 aliphatic carbocycles. The van der Waals surface area contributed by atoms with Gasteiger partial charge in [0.2, 0.25) is 0 Å². The normalized spacial score (nSPS) is 27.5. The zero-order valence-corrected chi connectivity index (χ0v) is 23.9. The minimum absolute atomic E-state index is 0.0502. The van der Waals surface area contributed by atoms with Crippen LogP contribution in [0.3, 0.4) is 0 Å². The van der Waals surface area contributed by atoms with E-state index in [2.05, 4.69) is 33.4 Å². The van der Waals surface area contributed by atoms with Crippen LogP contribution < -0.4 is 10.5 Å². The van der Waals surface area contributed by atoms with E-state index in [0.29, 0.717) is 29.1 Å². The van der Waals surface area contributed by atoms with Gasteiger partial charge in [0.05, 0.1) is 29.9 Å². The molecule has 3 atom stereocenters. The number of aliphatic hydroxyl groups is 1. The molecule has 41 heavy (non-hydrogen) atoms. The monoisotopic (exact) mass is 553 g/mol. The maximum absolute atomic E-state index is 13.8. The van der Waals surface area contributed by atoms with E-state index >= 15 is 0 Å². The van der Waals surface area contributed by atoms with Gasteiger partial charge in [-0.15, -0.1) is 0 Å². The van der Waals surface area contributed by atoms with Crippen molar-refractivity contribution in [3.63, 3.8) is 0 Å². The summed E-state index contributed by atoms with van der Waals surface area (Å²) in [5.74, 6) is 3.06. The van der Waals surface area contributed by atoms with Gasteiger partial charge in [-0.05, 0) is 86.5 Å². The van der Waals surface area contributed by atoms with Gasteiger partial charge < -0.3 is 29.6 Å². The SMILES string of the molecule is COc1cc(C(=O)N2C[C@H]3CC[C@@H]2C[C@@H]3N)cc2nc(-c3cc4cccc(C5CC(O)C5)c4n3CC3CC3)n(C)c12. The number of ether oxygens (including phenoxy) is 1. The van der Waals surface area contributed by atoms with Gasteiger partial charge in [-0.3, -0.25) is 4.79 Å². The fraction of sp³-hybridized carbons (Fsp3) is 0.515. The molecule has 2 aromatic heterocycles. The van der Waals surface area contributed by atoms with Crippen LogP contribution in [0.4, 0.5) is 0 Å². The van der Waals surface area contributed by atoms with Crippen molar-refractivity contribution in [3.05, 3.63) is 47.5 Å². The second-order valence-corrected chi connectivity index (χ2v) is 13.1. The lowest BCUT2D eigenvalue weighted by molar-refractivity contribution is 0.0261. The summed E-state index contributed by atoms with van der Waals surface area (Å²) in [7, 11) is 3.71. The maximum Gasteiger partial charge on any atom is 0.254 e. The van der Waals surface area contributed by atoms with E-state index in [1.807, 2.05) is 24.1 Å². The molecule has 8 heteroatoms. The first kappa shape index (κ1) is 25.4. The molecule has 0 unspecified atom stereocenters. The van der Waals surface area contributed by atoms with Crippen molar-refractivity contribution in [2.45, 2.75) is 75.6 Å². The van der Waals surface area contributed by atoms with Gasteiger partial charge in [0, 0.05) is 43.2 Å². The van der Waals surface area contributed by atoms with Crippen LogP contribution in [0.1, 0.15) is 66.8 Å². The molecule has 9 rings (SSSR count). The Hall–Kier alpha value is -3.36. The Balaban J connectivity index is 1.24. The van der Waals surface area contributed by atoms with Crippen molar-refractivity contribution in [2.75, 3.05) is 13.7 Å². The molecular formula is C33H39N5O3. The first-order valence-electron chi connectivity index (χ1n) is 15.3. The molecule has 2 saturated heterocycles. The minimum Gasteiger partial charge on any atom is -0.494 e. The summed E-state index contributed by atoms with van der Waals surface area (Å²) < 4.78 is 10.5. The van der Waals surface area contributed by atoms with Crippen LogP contribution in [0.2, 0.25) is 0 Å². The summed E-state index contributed by atoms with van der Waals surface area (Å²) in [5, 5.41) is 11.3. The highest BCUT2D eigenvalue weighted by atomic mass is 16.5. The highest BCUT2D eigenvalue weighted by Crippen LogP contribution is 2.44. The molecule has 0 spiro atoms. The molecule has 4 heterocycles. The molecule has 5 fully saturated rings. The first-order valence-corrected chi connectivity index (χ1v) is 15.3. The number of carbonyl (C=O) groups excluding carboxylic acids is 1. The Bertz CT molecular complexity index is 1680. The quantitative estimate of drug-likeness (QED) is 0.357. The number of benzene rings is 2. The van der Waals surface area contributed by atoms with E-state index in [4.69, 9.17) is 15.5 Å². The van der Waals surface area contributed by atoms with Crippen LogP contribution in [-0.2, 0) is 13.6 Å². The first-order chi connectivity index (χ1) is 19.9. The smallest absolute Gasteiger partial charge is 0.254 e. The summed E-state index contributed by atoms with van der Waals surface area (Å²) in [5.41, 5.74) is 12.3. The minimum atomic E-state index is -0.192. The largest absolute Gasteiger partial charge is 0.494 e. The molecule has 2 aromatic carbocycles. The molecule has 3 N–H and O–H groups in total. The van der Waals surface area contributed by atoms with Crippen molar-refractivity contribution < 1.29 is 14.6 Å². The second-order valence-electron chi connectivity index (χ2n) is 13.1. The average Bonchev–Trinajstić information content (AvgIpc) is 3.63. The van der Waals surface area contributed by atoms with E-state index < -0.39 is 0 Å². The number of methoxy groups -OCH3 is 1. The van der Waals surface area contributed by atoms with Crippen LogP contribution in [0.5, 0.6) is 5.75 Å². The number of imidazole rings is 1. The van der Waals surface area contributed by atoms with E-state index in [9.17, 15) is 9.90 Å². The van der Waals surface area contributed by atoms with Crippen molar-refractivity contribution >= 4 is 27.8 Å². The fourth-order valence-corrected chi connectivity index (χ4v) is 7.85. The lowest BCUT2D eigenvalue weighted by Gasteiger charge is -2.48. The summed E-state index contributed by atoms with van der Waals surface area (Å²) in [4.78, 5) is 21.0. The van der Waals surface area contributed by atoms with Crippen molar-refractivity contribution in [3.8, 4) is 17.3 Å². The average molecular weight is 554 g/mol. The van der Waals surface area contributed by atoms with Gasteiger partial charge in [0.1, 0.15) is 11.3 Å². The zero-order valence-electron chi connectivity index (χ0n) is 23.9. The van der Waals surface area contributed by atoms with Gasteiger partial charge in [-0.1, -0.05) is 18.2 Å². The number of hydrogen-bond acceptors (Lipinski definition) is 5. The van der Waals surface area contributed by atoms with Gasteiger partial charge in [-0.2, -0.15) is 0 Å². The standard InChI is InChI=1S/C33H39N5O3/c1-36-31-27(12-22(14-29(31)41-2)33(40)37-17-20-8-9-23(37)15-26(20)34)35-32(36)28-13-19-4-3-5-25(21-10-24(39)11-21)30(19)38(28)16-18-6-7-18/h3-5,12-14,18,20-21,23-24,26,39H,6-11,15-17,34H2,1-2H3/t20-,21?,23-,24?,26+/m1/s1. The number of piperidine rings is 2. The number of amides is 1. The van der Waals surface area contributed by atoms with Gasteiger partial charge >= 0.3 is 0 Å². The zero-order chi connectivity index (χ0) is 28.0. The van der Waals surface area contributed by atoms with E-state index in [1.165, 1.54) is 29.3 Å². The number of para-hydroxylation sites is 1.